The van der Waals surface area contributed by atoms with Crippen molar-refractivity contribution in [3.05, 3.63) is 95.6 Å². The number of rotatable bonds is 5. The van der Waals surface area contributed by atoms with Crippen molar-refractivity contribution in [3.8, 4) is 22.5 Å². The minimum absolute atomic E-state index is 0.0772. The number of benzene rings is 2. The van der Waals surface area contributed by atoms with Gasteiger partial charge in [0.25, 0.3) is 5.56 Å². The third kappa shape index (κ3) is 3.77. The van der Waals surface area contributed by atoms with E-state index in [9.17, 15) is 13.2 Å². The van der Waals surface area contributed by atoms with Crippen LogP contribution in [0.5, 0.6) is 0 Å². The van der Waals surface area contributed by atoms with E-state index in [-0.39, 0.29) is 10.5 Å². The molecule has 0 fully saturated rings. The lowest BCUT2D eigenvalue weighted by molar-refractivity contribution is 0.597. The molecule has 34 heavy (non-hydrogen) atoms. The highest BCUT2D eigenvalue weighted by Gasteiger charge is 2.16. The van der Waals surface area contributed by atoms with Crippen molar-refractivity contribution in [2.45, 2.75) is 11.4 Å². The Morgan fingerprint density at radius 3 is 2.35 bits per heavy atom. The van der Waals surface area contributed by atoms with E-state index < -0.39 is 10.0 Å². The monoisotopic (exact) mass is 473 g/mol. The van der Waals surface area contributed by atoms with Gasteiger partial charge in [0, 0.05) is 30.2 Å². The molecule has 0 saturated carbocycles. The van der Waals surface area contributed by atoms with E-state index in [0.717, 1.165) is 11.3 Å². The topological polar surface area (TPSA) is 152 Å². The van der Waals surface area contributed by atoms with E-state index in [4.69, 9.17) is 10.9 Å². The maximum absolute atomic E-state index is 13.4. The van der Waals surface area contributed by atoms with Crippen molar-refractivity contribution >= 4 is 21.2 Å². The van der Waals surface area contributed by atoms with Gasteiger partial charge in [-0.25, -0.2) is 23.5 Å². The van der Waals surface area contributed by atoms with E-state index in [1.165, 1.54) is 23.3 Å². The molecule has 0 bridgehead atoms. The highest BCUT2D eigenvalue weighted by atomic mass is 32.2. The normalized spacial score (nSPS) is 11.7. The molecule has 0 spiro atoms. The molecule has 0 atom stereocenters. The number of primary sulfonamides is 1. The zero-order chi connectivity index (χ0) is 23.9. The van der Waals surface area contributed by atoms with Gasteiger partial charge in [-0.2, -0.15) is 0 Å². The number of nitrogens with zero attached hydrogens (tertiary/aromatic N) is 5. The van der Waals surface area contributed by atoms with Gasteiger partial charge in [0.15, 0.2) is 11.2 Å². The molecule has 3 aromatic heterocycles. The third-order valence-corrected chi connectivity index (χ3v) is 6.38. The lowest BCUT2D eigenvalue weighted by Crippen LogP contribution is -2.20. The quantitative estimate of drug-likeness (QED) is 0.394. The first-order valence-electron chi connectivity index (χ1n) is 10.2. The summed E-state index contributed by atoms with van der Waals surface area (Å²) in [6.07, 6.45) is 5.67. The molecule has 0 aliphatic rings. The van der Waals surface area contributed by atoms with Crippen molar-refractivity contribution in [1.82, 2.24) is 24.1 Å². The molecule has 0 amide bonds. The van der Waals surface area contributed by atoms with Crippen LogP contribution in [-0.4, -0.2) is 32.5 Å². The zero-order valence-electron chi connectivity index (χ0n) is 17.7. The molecule has 4 N–H and O–H groups in total. The van der Waals surface area contributed by atoms with Gasteiger partial charge in [0.2, 0.25) is 10.0 Å². The van der Waals surface area contributed by atoms with Crippen LogP contribution in [0.2, 0.25) is 0 Å². The number of fused-ring (bicyclic) bond motifs is 1. The molecule has 5 aromatic rings. The van der Waals surface area contributed by atoms with Gasteiger partial charge in [0.1, 0.15) is 17.6 Å². The molecular weight excluding hydrogens is 454 g/mol. The van der Waals surface area contributed by atoms with E-state index >= 15 is 0 Å². The summed E-state index contributed by atoms with van der Waals surface area (Å²) in [6, 6.07) is 15.9. The Balaban J connectivity index is 1.60. The summed E-state index contributed by atoms with van der Waals surface area (Å²) in [5.74, 6) is 0. The standard InChI is InChI=1S/C23H19N7O3S/c24-11-15-2-1-3-18(10-15)29-13-27-22-21(29)23(31)30(14-28-22)17-6-4-16(5-7-17)19-8-9-26-12-20(19)34(25,32)33/h1-10,12-14H,11,24H2,(H2,25,32,33). The largest absolute Gasteiger partial charge is 0.326 e. The second-order valence-corrected chi connectivity index (χ2v) is 9.07. The number of imidazole rings is 1. The van der Waals surface area contributed by atoms with E-state index in [1.807, 2.05) is 24.3 Å². The van der Waals surface area contributed by atoms with Crippen molar-refractivity contribution in [2.24, 2.45) is 10.9 Å². The first kappa shape index (κ1) is 21.6. The SMILES string of the molecule is NCc1cccc(-n2cnc3ncn(-c4ccc(-c5ccncc5S(N)(=O)=O)cc4)c(=O)c32)c1. The van der Waals surface area contributed by atoms with Gasteiger partial charge in [-0.05, 0) is 41.5 Å². The van der Waals surface area contributed by atoms with Crippen LogP contribution in [-0.2, 0) is 16.6 Å². The predicted molar refractivity (Wildman–Crippen MR) is 127 cm³/mol. The molecular formula is C23H19N7O3S. The number of hydrogen-bond donors (Lipinski definition) is 2. The second kappa shape index (κ2) is 8.30. The maximum atomic E-state index is 13.4. The minimum atomic E-state index is -3.95. The van der Waals surface area contributed by atoms with Crippen LogP contribution < -0.4 is 16.4 Å². The van der Waals surface area contributed by atoms with Crippen molar-refractivity contribution in [3.63, 3.8) is 0 Å². The number of pyridine rings is 1. The molecule has 170 valence electrons. The third-order valence-electron chi connectivity index (χ3n) is 5.44. The van der Waals surface area contributed by atoms with Gasteiger partial charge in [0.05, 0.1) is 5.69 Å². The average molecular weight is 474 g/mol. The molecule has 0 saturated heterocycles. The Morgan fingerprint density at radius 1 is 0.912 bits per heavy atom. The average Bonchev–Trinajstić information content (AvgIpc) is 3.29. The van der Waals surface area contributed by atoms with Crippen molar-refractivity contribution in [1.29, 1.82) is 0 Å². The molecule has 5 rings (SSSR count). The highest BCUT2D eigenvalue weighted by molar-refractivity contribution is 7.89. The summed E-state index contributed by atoms with van der Waals surface area (Å²) in [4.78, 5) is 25.8. The van der Waals surface area contributed by atoms with Crippen LogP contribution in [0.4, 0.5) is 0 Å². The molecule has 0 unspecified atom stereocenters. The van der Waals surface area contributed by atoms with Crippen LogP contribution in [0.15, 0.2) is 89.3 Å². The Bertz CT molecular complexity index is 1690. The van der Waals surface area contributed by atoms with Crippen LogP contribution in [0.3, 0.4) is 0 Å². The Hall–Kier alpha value is -4.19. The first-order chi connectivity index (χ1) is 16.4. The van der Waals surface area contributed by atoms with Gasteiger partial charge in [-0.1, -0.05) is 24.3 Å². The van der Waals surface area contributed by atoms with Crippen LogP contribution in [0.25, 0.3) is 33.7 Å². The summed E-state index contributed by atoms with van der Waals surface area (Å²) in [5, 5.41) is 5.32. The fraction of sp³-hybridized carbons (Fsp3) is 0.0435. The summed E-state index contributed by atoms with van der Waals surface area (Å²) < 4.78 is 26.9. The predicted octanol–water partition coefficient (Wildman–Crippen LogP) is 1.74. The lowest BCUT2D eigenvalue weighted by Gasteiger charge is -2.10. The minimum Gasteiger partial charge on any atom is -0.326 e. The number of sulfonamides is 1. The summed E-state index contributed by atoms with van der Waals surface area (Å²) in [7, 11) is -3.95. The molecule has 0 aliphatic carbocycles. The summed E-state index contributed by atoms with van der Waals surface area (Å²) in [5.41, 5.74) is 9.37. The molecule has 3 heterocycles. The smallest absolute Gasteiger partial charge is 0.284 e. The molecule has 2 aromatic carbocycles. The van der Waals surface area contributed by atoms with Gasteiger partial charge in [-0.3, -0.25) is 18.9 Å². The van der Waals surface area contributed by atoms with Crippen LogP contribution in [0, 0.1) is 0 Å². The summed E-state index contributed by atoms with van der Waals surface area (Å²) >= 11 is 0. The van der Waals surface area contributed by atoms with Gasteiger partial charge in [-0.15, -0.1) is 0 Å². The number of hydrogen-bond acceptors (Lipinski definition) is 7. The fourth-order valence-corrected chi connectivity index (χ4v) is 4.47. The van der Waals surface area contributed by atoms with Crippen molar-refractivity contribution < 1.29 is 8.42 Å². The zero-order valence-corrected chi connectivity index (χ0v) is 18.6. The van der Waals surface area contributed by atoms with Gasteiger partial charge < -0.3 is 5.73 Å². The fourth-order valence-electron chi connectivity index (χ4n) is 3.77. The van der Waals surface area contributed by atoms with Gasteiger partial charge >= 0.3 is 0 Å². The molecule has 0 aliphatic heterocycles. The Labute approximate surface area is 194 Å². The molecule has 11 heteroatoms. The maximum Gasteiger partial charge on any atom is 0.284 e. The Morgan fingerprint density at radius 2 is 1.65 bits per heavy atom. The van der Waals surface area contributed by atoms with Crippen LogP contribution in [0.1, 0.15) is 5.56 Å². The molecule has 0 radical (unpaired) electrons. The number of aromatic nitrogens is 5. The number of nitrogens with two attached hydrogens (primary N) is 2. The van der Waals surface area contributed by atoms with E-state index in [0.29, 0.717) is 34.5 Å². The second-order valence-electron chi connectivity index (χ2n) is 7.54. The van der Waals surface area contributed by atoms with E-state index in [2.05, 4.69) is 15.0 Å². The lowest BCUT2D eigenvalue weighted by atomic mass is 10.1. The van der Waals surface area contributed by atoms with Crippen molar-refractivity contribution in [2.75, 3.05) is 0 Å². The van der Waals surface area contributed by atoms with Crippen LogP contribution >= 0.6 is 0 Å². The summed E-state index contributed by atoms with van der Waals surface area (Å²) in [6.45, 7) is 0.375. The molecule has 10 nitrogen and oxygen atoms in total. The first-order valence-corrected chi connectivity index (χ1v) is 11.7. The highest BCUT2D eigenvalue weighted by Crippen LogP contribution is 2.26. The van der Waals surface area contributed by atoms with E-state index in [1.54, 1.807) is 41.2 Å². The Kier molecular flexibility index (Phi) is 5.28.